The van der Waals surface area contributed by atoms with Gasteiger partial charge in [-0.1, -0.05) is 45.7 Å². The van der Waals surface area contributed by atoms with E-state index in [0.29, 0.717) is 0 Å². The molecular formula is C7H8Br2O2. The fourth-order valence-electron chi connectivity index (χ4n) is 1.06. The van der Waals surface area contributed by atoms with Crippen LogP contribution in [0.2, 0.25) is 0 Å². The van der Waals surface area contributed by atoms with Crippen molar-refractivity contribution in [1.82, 2.24) is 0 Å². The third-order valence-electron chi connectivity index (χ3n) is 2.00. The van der Waals surface area contributed by atoms with Crippen molar-refractivity contribution in [3.63, 3.8) is 0 Å². The van der Waals surface area contributed by atoms with Crippen molar-refractivity contribution >= 4 is 43.4 Å². The van der Waals surface area contributed by atoms with Gasteiger partial charge in [0.1, 0.15) is 4.83 Å². The standard InChI is InChI=1S/C7H8Br2O2/c1-7(2)5(9)4(10)3(8)6(7)11/h3,5H,1-2H3/t3-,5-/m0/s1. The second-order valence-corrected chi connectivity index (χ2v) is 5.04. The van der Waals surface area contributed by atoms with Crippen LogP contribution in [-0.4, -0.2) is 21.2 Å². The fraction of sp³-hybridized carbons (Fsp3) is 0.714. The maximum Gasteiger partial charge on any atom is 0.168 e. The number of rotatable bonds is 0. The van der Waals surface area contributed by atoms with Gasteiger partial charge in [-0.3, -0.25) is 9.59 Å². The minimum Gasteiger partial charge on any atom is -0.297 e. The molecule has 0 aromatic heterocycles. The molecular weight excluding hydrogens is 276 g/mol. The van der Waals surface area contributed by atoms with Gasteiger partial charge in [0.05, 0.1) is 4.83 Å². The molecule has 1 aliphatic carbocycles. The molecule has 1 fully saturated rings. The predicted octanol–water partition coefficient (Wildman–Crippen LogP) is 1.69. The summed E-state index contributed by atoms with van der Waals surface area (Å²) < 4.78 is 0. The molecule has 62 valence electrons. The van der Waals surface area contributed by atoms with Gasteiger partial charge in [-0.05, 0) is 0 Å². The molecule has 4 heteroatoms. The van der Waals surface area contributed by atoms with Crippen molar-refractivity contribution < 1.29 is 9.59 Å². The van der Waals surface area contributed by atoms with Gasteiger partial charge < -0.3 is 0 Å². The van der Waals surface area contributed by atoms with Gasteiger partial charge in [-0.25, -0.2) is 0 Å². The topological polar surface area (TPSA) is 34.1 Å². The normalized spacial score (nSPS) is 36.4. The maximum atomic E-state index is 11.3. The number of Topliss-reactive ketones (excluding diaryl/α,β-unsaturated/α-hetero) is 2. The Bertz CT molecular complexity index is 222. The molecule has 1 rings (SSSR count). The molecule has 0 bridgehead atoms. The Morgan fingerprint density at radius 2 is 1.73 bits per heavy atom. The van der Waals surface area contributed by atoms with Crippen LogP contribution in [0.25, 0.3) is 0 Å². The fourth-order valence-corrected chi connectivity index (χ4v) is 2.76. The van der Waals surface area contributed by atoms with E-state index in [9.17, 15) is 9.59 Å². The summed E-state index contributed by atoms with van der Waals surface area (Å²) >= 11 is 6.26. The zero-order valence-electron chi connectivity index (χ0n) is 6.23. The van der Waals surface area contributed by atoms with E-state index < -0.39 is 10.2 Å². The molecule has 0 saturated heterocycles. The van der Waals surface area contributed by atoms with Crippen LogP contribution in [0.1, 0.15) is 13.8 Å². The minimum absolute atomic E-state index is 0.0376. The molecule has 2 atom stereocenters. The summed E-state index contributed by atoms with van der Waals surface area (Å²) in [5.41, 5.74) is -0.564. The first-order chi connectivity index (χ1) is 4.89. The lowest BCUT2D eigenvalue weighted by Crippen LogP contribution is -2.27. The van der Waals surface area contributed by atoms with E-state index in [4.69, 9.17) is 0 Å². The number of alkyl halides is 2. The lowest BCUT2D eigenvalue weighted by atomic mass is 9.91. The summed E-state index contributed by atoms with van der Waals surface area (Å²) in [5, 5.41) is 0. The van der Waals surface area contributed by atoms with E-state index in [1.165, 1.54) is 0 Å². The van der Waals surface area contributed by atoms with Crippen LogP contribution < -0.4 is 0 Å². The second-order valence-electron chi connectivity index (χ2n) is 3.21. The van der Waals surface area contributed by atoms with Gasteiger partial charge in [-0.2, -0.15) is 0 Å². The van der Waals surface area contributed by atoms with E-state index >= 15 is 0 Å². The van der Waals surface area contributed by atoms with Crippen LogP contribution in [0.15, 0.2) is 0 Å². The molecule has 1 aliphatic rings. The average molecular weight is 284 g/mol. The molecule has 1 saturated carbocycles. The largest absolute Gasteiger partial charge is 0.297 e. The Kier molecular flexibility index (Phi) is 2.27. The first-order valence-corrected chi connectivity index (χ1v) is 5.08. The number of carbonyl (C=O) groups is 2. The van der Waals surface area contributed by atoms with E-state index in [2.05, 4.69) is 31.9 Å². The first-order valence-electron chi connectivity index (χ1n) is 3.25. The Morgan fingerprint density at radius 1 is 1.27 bits per heavy atom. The zero-order valence-corrected chi connectivity index (χ0v) is 9.40. The van der Waals surface area contributed by atoms with Crippen LogP contribution in [-0.2, 0) is 9.59 Å². The second kappa shape index (κ2) is 2.66. The summed E-state index contributed by atoms with van der Waals surface area (Å²) in [6, 6.07) is 0. The van der Waals surface area contributed by atoms with Gasteiger partial charge in [0, 0.05) is 5.41 Å². The van der Waals surface area contributed by atoms with Crippen LogP contribution in [0.3, 0.4) is 0 Å². The Hall–Kier alpha value is 0.300. The third-order valence-corrected chi connectivity index (χ3v) is 4.46. The molecule has 11 heavy (non-hydrogen) atoms. The van der Waals surface area contributed by atoms with E-state index in [-0.39, 0.29) is 16.4 Å². The van der Waals surface area contributed by atoms with Crippen molar-refractivity contribution in [3.8, 4) is 0 Å². The van der Waals surface area contributed by atoms with E-state index in [0.717, 1.165) is 0 Å². The highest BCUT2D eigenvalue weighted by Gasteiger charge is 2.52. The van der Waals surface area contributed by atoms with Gasteiger partial charge in [0.15, 0.2) is 11.6 Å². The molecule has 0 heterocycles. The van der Waals surface area contributed by atoms with Gasteiger partial charge in [-0.15, -0.1) is 0 Å². The first kappa shape index (κ1) is 9.39. The number of hydrogen-bond donors (Lipinski definition) is 0. The lowest BCUT2D eigenvalue weighted by Gasteiger charge is -2.17. The van der Waals surface area contributed by atoms with Crippen molar-refractivity contribution in [2.24, 2.45) is 5.41 Å². The Labute approximate surface area is 82.0 Å². The number of hydrogen-bond acceptors (Lipinski definition) is 2. The Morgan fingerprint density at radius 3 is 1.82 bits per heavy atom. The van der Waals surface area contributed by atoms with E-state index in [1.807, 2.05) is 0 Å². The van der Waals surface area contributed by atoms with E-state index in [1.54, 1.807) is 13.8 Å². The summed E-state index contributed by atoms with van der Waals surface area (Å²) in [6.07, 6.45) is 0. The van der Waals surface area contributed by atoms with Crippen LogP contribution >= 0.6 is 31.9 Å². The number of carbonyl (C=O) groups excluding carboxylic acids is 2. The highest BCUT2D eigenvalue weighted by Crippen LogP contribution is 2.39. The minimum atomic E-state index is -0.609. The average Bonchev–Trinajstić information content (AvgIpc) is 2.06. The molecule has 2 nitrogen and oxygen atoms in total. The van der Waals surface area contributed by atoms with Crippen LogP contribution in [0.4, 0.5) is 0 Å². The van der Waals surface area contributed by atoms with Crippen molar-refractivity contribution in [1.29, 1.82) is 0 Å². The van der Waals surface area contributed by atoms with Gasteiger partial charge >= 0.3 is 0 Å². The molecule has 0 radical (unpaired) electrons. The van der Waals surface area contributed by atoms with Gasteiger partial charge in [0.25, 0.3) is 0 Å². The number of ketones is 2. The predicted molar refractivity (Wildman–Crippen MR) is 49.2 cm³/mol. The summed E-state index contributed by atoms with van der Waals surface area (Å²) in [4.78, 5) is 21.6. The van der Waals surface area contributed by atoms with Gasteiger partial charge in [0.2, 0.25) is 0 Å². The smallest absolute Gasteiger partial charge is 0.168 e. The molecule has 0 N–H and O–H groups in total. The molecule has 0 amide bonds. The quantitative estimate of drug-likeness (QED) is 0.501. The SMILES string of the molecule is CC1(C)C(=O)[C@@H](Br)C(=O)[C@@H]1Br. The molecule has 0 aromatic carbocycles. The van der Waals surface area contributed by atoms with Crippen molar-refractivity contribution in [2.45, 2.75) is 23.5 Å². The van der Waals surface area contributed by atoms with Crippen LogP contribution in [0.5, 0.6) is 0 Å². The molecule has 0 aromatic rings. The highest BCUT2D eigenvalue weighted by atomic mass is 79.9. The summed E-state index contributed by atoms with van der Waals surface area (Å²) in [5.74, 6) is -0.107. The summed E-state index contributed by atoms with van der Waals surface area (Å²) in [7, 11) is 0. The van der Waals surface area contributed by atoms with Crippen LogP contribution in [0, 0.1) is 5.41 Å². The monoisotopic (exact) mass is 282 g/mol. The number of halogens is 2. The maximum absolute atomic E-state index is 11.3. The summed E-state index contributed by atoms with van der Waals surface area (Å²) in [6.45, 7) is 3.54. The molecule has 0 spiro atoms. The Balaban J connectivity index is 3.06. The molecule has 0 unspecified atom stereocenters. The lowest BCUT2D eigenvalue weighted by molar-refractivity contribution is -0.124. The third kappa shape index (κ3) is 1.20. The van der Waals surface area contributed by atoms with Crippen molar-refractivity contribution in [3.05, 3.63) is 0 Å². The van der Waals surface area contributed by atoms with Crippen molar-refractivity contribution in [2.75, 3.05) is 0 Å². The molecule has 0 aliphatic heterocycles. The zero-order chi connectivity index (χ0) is 8.81. The highest BCUT2D eigenvalue weighted by molar-refractivity contribution is 9.11.